The minimum atomic E-state index is -4.53. The van der Waals surface area contributed by atoms with Gasteiger partial charge in [-0.3, -0.25) is 4.79 Å². The molecule has 0 fully saturated rings. The van der Waals surface area contributed by atoms with E-state index in [0.29, 0.717) is 16.5 Å². The fraction of sp³-hybridized carbons (Fsp3) is 0.222. The number of hydrogen-bond acceptors (Lipinski definition) is 4. The van der Waals surface area contributed by atoms with E-state index in [9.17, 15) is 18.0 Å². The van der Waals surface area contributed by atoms with Gasteiger partial charge in [0, 0.05) is 17.1 Å². The quantitative estimate of drug-likeness (QED) is 0.634. The molecule has 2 atom stereocenters. The maximum Gasteiger partial charge on any atom is 0.410 e. The standard InChI is InChI=1S/C18H14ClF3N4O2/c19-10-3-5-11(6-4-10)24-17(27)12-9-23-26-15(18(20,21)22)8-13(25-16(12)26)14-2-1-7-28-14/h1-7,9,13,15,25H,8H2,(H,24,27)/t13-,15+/m0/s1. The number of halogens is 4. The fourth-order valence-electron chi connectivity index (χ4n) is 3.14. The number of alkyl halides is 3. The van der Waals surface area contributed by atoms with E-state index in [1.807, 2.05) is 0 Å². The van der Waals surface area contributed by atoms with Gasteiger partial charge in [0.05, 0.1) is 18.5 Å². The molecule has 0 radical (unpaired) electrons. The molecule has 0 aliphatic carbocycles. The minimum absolute atomic E-state index is 0.000422. The van der Waals surface area contributed by atoms with Gasteiger partial charge in [0.2, 0.25) is 0 Å². The lowest BCUT2D eigenvalue weighted by Gasteiger charge is -2.32. The number of carbonyl (C=O) groups is 1. The Kier molecular flexibility index (Phi) is 4.54. The van der Waals surface area contributed by atoms with Gasteiger partial charge in [0.15, 0.2) is 6.04 Å². The lowest BCUT2D eigenvalue weighted by atomic mass is 10.0. The number of nitrogens with zero attached hydrogens (tertiary/aromatic N) is 2. The van der Waals surface area contributed by atoms with E-state index < -0.39 is 24.2 Å². The number of benzene rings is 1. The molecular weight excluding hydrogens is 397 g/mol. The summed E-state index contributed by atoms with van der Waals surface area (Å²) < 4.78 is 46.9. The Labute approximate surface area is 162 Å². The molecule has 0 spiro atoms. The van der Waals surface area contributed by atoms with Crippen LogP contribution in [0, 0.1) is 0 Å². The largest absolute Gasteiger partial charge is 0.467 e. The monoisotopic (exact) mass is 410 g/mol. The van der Waals surface area contributed by atoms with Gasteiger partial charge < -0.3 is 15.1 Å². The first kappa shape index (κ1) is 18.4. The normalized spacial score (nSPS) is 19.0. The Morgan fingerprint density at radius 2 is 2.04 bits per heavy atom. The number of amides is 1. The molecule has 0 saturated carbocycles. The maximum absolute atomic E-state index is 13.6. The SMILES string of the molecule is O=C(Nc1ccc(Cl)cc1)c1cnn2c1N[C@H](c1ccco1)C[C@@H]2C(F)(F)F. The van der Waals surface area contributed by atoms with Gasteiger partial charge >= 0.3 is 6.18 Å². The van der Waals surface area contributed by atoms with Crippen LogP contribution < -0.4 is 10.6 Å². The average Bonchev–Trinajstić information content (AvgIpc) is 3.31. The number of fused-ring (bicyclic) bond motifs is 1. The number of anilines is 2. The summed E-state index contributed by atoms with van der Waals surface area (Å²) in [6.45, 7) is 0. The molecule has 1 aliphatic heterocycles. The van der Waals surface area contributed by atoms with Crippen molar-refractivity contribution in [2.24, 2.45) is 0 Å². The molecule has 10 heteroatoms. The molecule has 1 aliphatic rings. The molecule has 6 nitrogen and oxygen atoms in total. The van der Waals surface area contributed by atoms with Gasteiger partial charge in [-0.25, -0.2) is 4.68 Å². The lowest BCUT2D eigenvalue weighted by Crippen LogP contribution is -2.36. The summed E-state index contributed by atoms with van der Waals surface area (Å²) in [6, 6.07) is 6.93. The second kappa shape index (κ2) is 6.90. The van der Waals surface area contributed by atoms with Gasteiger partial charge in [-0.1, -0.05) is 11.6 Å². The number of nitrogens with one attached hydrogen (secondary N) is 2. The van der Waals surface area contributed by atoms with Crippen molar-refractivity contribution in [1.82, 2.24) is 9.78 Å². The first-order valence-corrected chi connectivity index (χ1v) is 8.72. The number of aromatic nitrogens is 2. The topological polar surface area (TPSA) is 72.1 Å². The highest BCUT2D eigenvalue weighted by Crippen LogP contribution is 2.44. The second-order valence-corrected chi connectivity index (χ2v) is 6.75. The van der Waals surface area contributed by atoms with E-state index in [-0.39, 0.29) is 17.8 Å². The Balaban J connectivity index is 1.67. The Bertz CT molecular complexity index is 983. The summed E-state index contributed by atoms with van der Waals surface area (Å²) in [7, 11) is 0. The van der Waals surface area contributed by atoms with Crippen molar-refractivity contribution in [2.75, 3.05) is 10.6 Å². The van der Waals surface area contributed by atoms with Crippen LogP contribution in [0.5, 0.6) is 0 Å². The van der Waals surface area contributed by atoms with Crippen molar-refractivity contribution in [3.63, 3.8) is 0 Å². The third kappa shape index (κ3) is 3.45. The Morgan fingerprint density at radius 1 is 1.29 bits per heavy atom. The Morgan fingerprint density at radius 3 is 2.68 bits per heavy atom. The molecule has 0 bridgehead atoms. The molecule has 1 amide bonds. The van der Waals surface area contributed by atoms with Crippen molar-refractivity contribution < 1.29 is 22.4 Å². The van der Waals surface area contributed by atoms with Crippen LogP contribution in [-0.2, 0) is 0 Å². The summed E-state index contributed by atoms with van der Waals surface area (Å²) in [4.78, 5) is 12.6. The third-order valence-corrected chi connectivity index (χ3v) is 4.72. The number of furan rings is 1. The predicted octanol–water partition coefficient (Wildman–Crippen LogP) is 5.04. The Hall–Kier alpha value is -2.94. The van der Waals surface area contributed by atoms with Gasteiger partial charge in [-0.15, -0.1) is 0 Å². The van der Waals surface area contributed by atoms with E-state index in [4.69, 9.17) is 16.0 Å². The zero-order valence-corrected chi connectivity index (χ0v) is 15.0. The highest BCUT2D eigenvalue weighted by molar-refractivity contribution is 6.30. The molecule has 0 unspecified atom stereocenters. The molecule has 3 heterocycles. The van der Waals surface area contributed by atoms with E-state index >= 15 is 0 Å². The third-order valence-electron chi connectivity index (χ3n) is 4.47. The van der Waals surface area contributed by atoms with Crippen LogP contribution in [0.25, 0.3) is 0 Å². The number of rotatable bonds is 3. The van der Waals surface area contributed by atoms with Crippen LogP contribution in [0.15, 0.2) is 53.3 Å². The predicted molar refractivity (Wildman–Crippen MR) is 96.4 cm³/mol. The molecule has 4 rings (SSSR count). The molecule has 0 saturated heterocycles. The molecule has 1 aromatic carbocycles. The van der Waals surface area contributed by atoms with Crippen LogP contribution in [-0.4, -0.2) is 21.9 Å². The van der Waals surface area contributed by atoms with Gasteiger partial charge in [-0.2, -0.15) is 18.3 Å². The summed E-state index contributed by atoms with van der Waals surface area (Å²) in [6.07, 6.45) is -2.32. The molecule has 2 N–H and O–H groups in total. The summed E-state index contributed by atoms with van der Waals surface area (Å²) in [5.74, 6) is -0.246. The maximum atomic E-state index is 13.6. The van der Waals surface area contributed by atoms with Crippen LogP contribution in [0.4, 0.5) is 24.7 Å². The van der Waals surface area contributed by atoms with Gasteiger partial charge in [0.25, 0.3) is 5.91 Å². The first-order chi connectivity index (χ1) is 13.3. The fourth-order valence-corrected chi connectivity index (χ4v) is 3.26. The van der Waals surface area contributed by atoms with Crippen molar-refractivity contribution in [3.8, 4) is 0 Å². The lowest BCUT2D eigenvalue weighted by molar-refractivity contribution is -0.174. The van der Waals surface area contributed by atoms with Crippen LogP contribution >= 0.6 is 11.6 Å². The van der Waals surface area contributed by atoms with Crippen molar-refractivity contribution in [1.29, 1.82) is 0 Å². The zero-order valence-electron chi connectivity index (χ0n) is 14.2. The number of hydrogen-bond donors (Lipinski definition) is 2. The average molecular weight is 411 g/mol. The van der Waals surface area contributed by atoms with Gasteiger partial charge in [0.1, 0.15) is 17.1 Å². The molecule has 146 valence electrons. The highest BCUT2D eigenvalue weighted by Gasteiger charge is 2.47. The van der Waals surface area contributed by atoms with Crippen molar-refractivity contribution >= 4 is 29.0 Å². The molecule has 2 aromatic heterocycles. The second-order valence-electron chi connectivity index (χ2n) is 6.32. The smallest absolute Gasteiger partial charge is 0.410 e. The van der Waals surface area contributed by atoms with Crippen molar-refractivity contribution in [2.45, 2.75) is 24.7 Å². The van der Waals surface area contributed by atoms with E-state index in [0.717, 1.165) is 10.9 Å². The minimum Gasteiger partial charge on any atom is -0.467 e. The molecule has 28 heavy (non-hydrogen) atoms. The summed E-state index contributed by atoms with van der Waals surface area (Å²) in [5.41, 5.74) is 0.459. The summed E-state index contributed by atoms with van der Waals surface area (Å²) >= 11 is 5.81. The van der Waals surface area contributed by atoms with Crippen molar-refractivity contribution in [3.05, 3.63) is 65.2 Å². The zero-order chi connectivity index (χ0) is 19.9. The van der Waals surface area contributed by atoms with Gasteiger partial charge in [-0.05, 0) is 36.4 Å². The van der Waals surface area contributed by atoms with E-state index in [1.165, 1.54) is 6.26 Å². The van der Waals surface area contributed by atoms with E-state index in [2.05, 4.69) is 15.7 Å². The summed E-state index contributed by atoms with van der Waals surface area (Å²) in [5, 5.41) is 9.90. The number of carbonyl (C=O) groups excluding carboxylic acids is 1. The van der Waals surface area contributed by atoms with Crippen LogP contribution in [0.3, 0.4) is 0 Å². The van der Waals surface area contributed by atoms with Crippen LogP contribution in [0.2, 0.25) is 5.02 Å². The molecular formula is C18H14ClF3N4O2. The van der Waals surface area contributed by atoms with E-state index in [1.54, 1.807) is 36.4 Å². The molecule has 3 aromatic rings. The highest BCUT2D eigenvalue weighted by atomic mass is 35.5. The first-order valence-electron chi connectivity index (χ1n) is 8.34. The van der Waals surface area contributed by atoms with Crippen LogP contribution in [0.1, 0.15) is 34.6 Å².